The van der Waals surface area contributed by atoms with Crippen LogP contribution in [0.5, 0.6) is 11.5 Å². The topological polar surface area (TPSA) is 74.3 Å². The highest BCUT2D eigenvalue weighted by atomic mass is 16.6. The lowest BCUT2D eigenvalue weighted by atomic mass is 10.2. The molecule has 2 heterocycles. The number of nitrogens with one attached hydrogen (secondary N) is 1. The van der Waals surface area contributed by atoms with E-state index in [1.165, 1.54) is 0 Å². The second-order valence-corrected chi connectivity index (χ2v) is 4.59. The van der Waals surface area contributed by atoms with Gasteiger partial charge in [-0.25, -0.2) is 0 Å². The molecule has 3 rings (SSSR count). The molecular weight excluding hydrogens is 244 g/mol. The number of fused-ring (bicyclic) bond motifs is 3. The highest BCUT2D eigenvalue weighted by Crippen LogP contribution is 2.38. The maximum Gasteiger partial charge on any atom is 0.187 e. The number of nitrogens with zero attached hydrogens (tertiary/aromatic N) is 2. The summed E-state index contributed by atoms with van der Waals surface area (Å²) < 4.78 is 13.6. The van der Waals surface area contributed by atoms with Crippen LogP contribution in [0, 0.1) is 0 Å². The summed E-state index contributed by atoms with van der Waals surface area (Å²) >= 11 is 0. The van der Waals surface area contributed by atoms with Crippen molar-refractivity contribution in [2.75, 3.05) is 26.7 Å². The molecule has 0 spiro atoms. The van der Waals surface area contributed by atoms with Gasteiger partial charge in [-0.15, -0.1) is 0 Å². The van der Waals surface area contributed by atoms with Gasteiger partial charge in [-0.05, 0) is 19.2 Å². The molecule has 6 nitrogen and oxygen atoms in total. The Morgan fingerprint density at radius 1 is 1.53 bits per heavy atom. The zero-order chi connectivity index (χ0) is 13.2. The average Bonchev–Trinajstić information content (AvgIpc) is 2.88. The molecule has 1 aliphatic heterocycles. The molecule has 0 fully saturated rings. The van der Waals surface area contributed by atoms with Gasteiger partial charge in [0.1, 0.15) is 18.2 Å². The maximum atomic E-state index is 5.94. The van der Waals surface area contributed by atoms with Crippen LogP contribution in [-0.2, 0) is 6.54 Å². The minimum absolute atomic E-state index is 0.0919. The Bertz CT molecular complexity index is 581. The van der Waals surface area contributed by atoms with Crippen LogP contribution in [0.3, 0.4) is 0 Å². The zero-order valence-electron chi connectivity index (χ0n) is 10.9. The molecule has 0 saturated carbocycles. The van der Waals surface area contributed by atoms with E-state index in [1.807, 2.05) is 30.1 Å². The van der Waals surface area contributed by atoms with Gasteiger partial charge in [-0.1, -0.05) is 0 Å². The van der Waals surface area contributed by atoms with Crippen molar-refractivity contribution in [1.82, 2.24) is 15.1 Å². The Balaban J connectivity index is 2.06. The fourth-order valence-electron chi connectivity index (χ4n) is 2.24. The number of rotatable bonds is 4. The van der Waals surface area contributed by atoms with Crippen molar-refractivity contribution in [3.63, 3.8) is 0 Å². The molecule has 0 bridgehead atoms. The molecule has 0 radical (unpaired) electrons. The molecule has 0 unspecified atom stereocenters. The molecule has 2 aromatic rings. The van der Waals surface area contributed by atoms with Crippen molar-refractivity contribution in [3.05, 3.63) is 18.3 Å². The fourth-order valence-corrected chi connectivity index (χ4v) is 2.24. The van der Waals surface area contributed by atoms with E-state index in [-0.39, 0.29) is 6.10 Å². The van der Waals surface area contributed by atoms with Gasteiger partial charge >= 0.3 is 0 Å². The third-order valence-corrected chi connectivity index (χ3v) is 3.27. The molecule has 19 heavy (non-hydrogen) atoms. The van der Waals surface area contributed by atoms with Crippen molar-refractivity contribution in [3.8, 4) is 11.5 Å². The van der Waals surface area contributed by atoms with Gasteiger partial charge in [0.15, 0.2) is 11.5 Å². The lowest BCUT2D eigenvalue weighted by Gasteiger charge is -2.26. The number of nitrogens with two attached hydrogens (primary N) is 1. The largest absolute Gasteiger partial charge is 0.486 e. The van der Waals surface area contributed by atoms with Gasteiger partial charge in [0.2, 0.25) is 0 Å². The monoisotopic (exact) mass is 262 g/mol. The van der Waals surface area contributed by atoms with Crippen molar-refractivity contribution < 1.29 is 9.47 Å². The van der Waals surface area contributed by atoms with Crippen molar-refractivity contribution in [2.24, 2.45) is 5.73 Å². The highest BCUT2D eigenvalue weighted by Gasteiger charge is 2.24. The summed E-state index contributed by atoms with van der Waals surface area (Å²) in [5.74, 6) is 1.52. The predicted molar refractivity (Wildman–Crippen MR) is 72.6 cm³/mol. The summed E-state index contributed by atoms with van der Waals surface area (Å²) in [6, 6.07) is 3.93. The lowest BCUT2D eigenvalue weighted by molar-refractivity contribution is 0.0984. The van der Waals surface area contributed by atoms with Gasteiger partial charge < -0.3 is 20.5 Å². The van der Waals surface area contributed by atoms with Gasteiger partial charge in [-0.2, -0.15) is 5.10 Å². The standard InChI is InChI=1S/C13H18N4O2/c1-15-4-5-17-12-9(7-16-17)2-3-11-13(12)19-10(6-14)8-18-11/h2-3,7,10,15H,4-6,8,14H2,1H3/t10-/m0/s1. The molecule has 0 amide bonds. The normalized spacial score (nSPS) is 17.9. The Labute approximate surface area is 111 Å². The molecule has 1 atom stereocenters. The summed E-state index contributed by atoms with van der Waals surface area (Å²) in [7, 11) is 1.92. The number of aromatic nitrogens is 2. The molecule has 0 saturated heterocycles. The predicted octanol–water partition coefficient (Wildman–Crippen LogP) is 0.354. The smallest absolute Gasteiger partial charge is 0.187 e. The molecule has 1 aromatic carbocycles. The number of likely N-dealkylation sites (N-methyl/N-ethyl adjacent to an activating group) is 1. The number of ether oxygens (including phenoxy) is 2. The lowest BCUT2D eigenvalue weighted by Crippen LogP contribution is -2.36. The van der Waals surface area contributed by atoms with Crippen LogP contribution < -0.4 is 20.5 Å². The van der Waals surface area contributed by atoms with Crippen LogP contribution in [0.2, 0.25) is 0 Å². The first-order chi connectivity index (χ1) is 9.33. The summed E-state index contributed by atoms with van der Waals surface area (Å²) in [5.41, 5.74) is 6.64. The highest BCUT2D eigenvalue weighted by molar-refractivity contribution is 5.87. The summed E-state index contributed by atoms with van der Waals surface area (Å²) in [6.07, 6.45) is 1.76. The Hall–Kier alpha value is -1.79. The van der Waals surface area contributed by atoms with E-state index in [0.717, 1.165) is 35.5 Å². The van der Waals surface area contributed by atoms with E-state index in [4.69, 9.17) is 15.2 Å². The first-order valence-electron chi connectivity index (χ1n) is 6.46. The zero-order valence-corrected chi connectivity index (χ0v) is 10.9. The Kier molecular flexibility index (Phi) is 3.27. The van der Waals surface area contributed by atoms with Crippen LogP contribution in [-0.4, -0.2) is 42.6 Å². The quantitative estimate of drug-likeness (QED) is 0.832. The Morgan fingerprint density at radius 3 is 3.21 bits per heavy atom. The van der Waals surface area contributed by atoms with Gasteiger partial charge in [0, 0.05) is 18.5 Å². The maximum absolute atomic E-state index is 5.94. The third-order valence-electron chi connectivity index (χ3n) is 3.27. The van der Waals surface area contributed by atoms with E-state index in [2.05, 4.69) is 10.4 Å². The van der Waals surface area contributed by atoms with Crippen molar-refractivity contribution in [2.45, 2.75) is 12.6 Å². The van der Waals surface area contributed by atoms with Gasteiger partial charge in [0.05, 0.1) is 12.7 Å². The number of benzene rings is 1. The molecule has 1 aromatic heterocycles. The fraction of sp³-hybridized carbons (Fsp3) is 0.462. The minimum atomic E-state index is -0.0919. The number of hydrogen-bond acceptors (Lipinski definition) is 5. The molecule has 3 N–H and O–H groups in total. The third kappa shape index (κ3) is 2.13. The molecule has 0 aliphatic carbocycles. The van der Waals surface area contributed by atoms with Crippen LogP contribution >= 0.6 is 0 Å². The van der Waals surface area contributed by atoms with Crippen LogP contribution in [0.1, 0.15) is 0 Å². The van der Waals surface area contributed by atoms with Crippen LogP contribution in [0.15, 0.2) is 18.3 Å². The van der Waals surface area contributed by atoms with Crippen LogP contribution in [0.4, 0.5) is 0 Å². The summed E-state index contributed by atoms with van der Waals surface area (Å²) in [5, 5.41) is 8.57. The molecule has 6 heteroatoms. The van der Waals surface area contributed by atoms with Gasteiger partial charge in [0.25, 0.3) is 0 Å². The summed E-state index contributed by atoms with van der Waals surface area (Å²) in [4.78, 5) is 0. The average molecular weight is 262 g/mol. The molecule has 102 valence electrons. The second kappa shape index (κ2) is 5.07. The first kappa shape index (κ1) is 12.3. The van der Waals surface area contributed by atoms with E-state index in [9.17, 15) is 0 Å². The number of hydrogen-bond donors (Lipinski definition) is 2. The SMILES string of the molecule is CNCCn1ncc2ccc3c(c21)O[C@@H](CN)CO3. The van der Waals surface area contributed by atoms with Crippen LogP contribution in [0.25, 0.3) is 10.9 Å². The first-order valence-corrected chi connectivity index (χ1v) is 6.46. The van der Waals surface area contributed by atoms with E-state index in [0.29, 0.717) is 13.2 Å². The van der Waals surface area contributed by atoms with E-state index < -0.39 is 0 Å². The van der Waals surface area contributed by atoms with Gasteiger partial charge in [-0.3, -0.25) is 4.68 Å². The second-order valence-electron chi connectivity index (χ2n) is 4.59. The van der Waals surface area contributed by atoms with Crippen molar-refractivity contribution >= 4 is 10.9 Å². The molecule has 1 aliphatic rings. The Morgan fingerprint density at radius 2 is 2.42 bits per heavy atom. The van der Waals surface area contributed by atoms with E-state index in [1.54, 1.807) is 0 Å². The van der Waals surface area contributed by atoms with E-state index >= 15 is 0 Å². The molecular formula is C13H18N4O2. The van der Waals surface area contributed by atoms with Crippen molar-refractivity contribution in [1.29, 1.82) is 0 Å². The summed E-state index contributed by atoms with van der Waals surface area (Å²) in [6.45, 7) is 2.58. The minimum Gasteiger partial charge on any atom is -0.486 e.